The largest absolute Gasteiger partial charge is 0.316 e. The first-order chi connectivity index (χ1) is 13.5. The van der Waals surface area contributed by atoms with Crippen LogP contribution in [0.1, 0.15) is 35.0 Å². The van der Waals surface area contributed by atoms with Crippen LogP contribution in [0.5, 0.6) is 0 Å². The highest BCUT2D eigenvalue weighted by atomic mass is 32.1. The van der Waals surface area contributed by atoms with Crippen molar-refractivity contribution < 1.29 is 9.18 Å². The highest BCUT2D eigenvalue weighted by molar-refractivity contribution is 7.16. The smallest absolute Gasteiger partial charge is 0.231 e. The van der Waals surface area contributed by atoms with Crippen molar-refractivity contribution in [3.8, 4) is 16.6 Å². The monoisotopic (exact) mass is 411 g/mol. The molecule has 0 radical (unpaired) electrons. The van der Waals surface area contributed by atoms with Crippen molar-refractivity contribution in [1.82, 2.24) is 4.98 Å². The number of thiophene rings is 1. The number of amides is 1. The second-order valence-electron chi connectivity index (χ2n) is 7.04. The maximum atomic E-state index is 13.1. The Morgan fingerprint density at radius 2 is 2.18 bits per heavy atom. The zero-order chi connectivity index (χ0) is 19.7. The van der Waals surface area contributed by atoms with Crippen LogP contribution in [0.2, 0.25) is 0 Å². The van der Waals surface area contributed by atoms with E-state index >= 15 is 0 Å². The van der Waals surface area contributed by atoms with E-state index in [0.29, 0.717) is 22.2 Å². The summed E-state index contributed by atoms with van der Waals surface area (Å²) in [5.74, 6) is 0.140. The van der Waals surface area contributed by atoms with Crippen LogP contribution >= 0.6 is 22.7 Å². The summed E-state index contributed by atoms with van der Waals surface area (Å²) in [4.78, 5) is 18.2. The van der Waals surface area contributed by atoms with E-state index in [1.165, 1.54) is 39.7 Å². The number of benzene rings is 1. The van der Waals surface area contributed by atoms with Crippen molar-refractivity contribution in [2.45, 2.75) is 32.6 Å². The number of hydrogen-bond donors (Lipinski definition) is 1. The quantitative estimate of drug-likeness (QED) is 0.643. The van der Waals surface area contributed by atoms with Crippen LogP contribution in [0.4, 0.5) is 9.39 Å². The van der Waals surface area contributed by atoms with Gasteiger partial charge in [0, 0.05) is 15.8 Å². The molecular formula is C21H18FN3OS2. The Kier molecular flexibility index (Phi) is 5.25. The minimum atomic E-state index is -0.291. The molecule has 142 valence electrons. The Bertz CT molecular complexity index is 1060. The number of halogens is 1. The lowest BCUT2D eigenvalue weighted by Crippen LogP contribution is -2.14. The Balaban J connectivity index is 1.47. The summed E-state index contributed by atoms with van der Waals surface area (Å²) in [6.07, 6.45) is 3.09. The molecule has 7 heteroatoms. The number of thiazole rings is 1. The molecular weight excluding hydrogens is 393 g/mol. The number of nitriles is 1. The summed E-state index contributed by atoms with van der Waals surface area (Å²) in [6.45, 7) is 2.22. The predicted molar refractivity (Wildman–Crippen MR) is 110 cm³/mol. The zero-order valence-corrected chi connectivity index (χ0v) is 16.9. The van der Waals surface area contributed by atoms with E-state index in [2.05, 4.69) is 23.3 Å². The lowest BCUT2D eigenvalue weighted by Gasteiger charge is -2.17. The number of rotatable bonds is 4. The number of nitrogens with one attached hydrogen (secondary N) is 1. The van der Waals surface area contributed by atoms with E-state index in [-0.39, 0.29) is 18.1 Å². The molecule has 4 rings (SSSR count). The van der Waals surface area contributed by atoms with Gasteiger partial charge in [0.05, 0.1) is 17.7 Å². The number of fused-ring (bicyclic) bond motifs is 1. The van der Waals surface area contributed by atoms with Crippen LogP contribution < -0.4 is 5.32 Å². The second kappa shape index (κ2) is 7.82. The Labute approximate surface area is 170 Å². The molecule has 0 aliphatic heterocycles. The fourth-order valence-corrected chi connectivity index (χ4v) is 5.61. The van der Waals surface area contributed by atoms with Crippen molar-refractivity contribution >= 4 is 33.6 Å². The number of hydrogen-bond acceptors (Lipinski definition) is 5. The van der Waals surface area contributed by atoms with E-state index in [1.54, 1.807) is 12.1 Å². The number of anilines is 1. The summed E-state index contributed by atoms with van der Waals surface area (Å²) < 4.78 is 13.1. The van der Waals surface area contributed by atoms with Gasteiger partial charge in [-0.05, 0) is 55.0 Å². The number of carbonyl (C=O) groups is 1. The predicted octanol–water partition coefficient (Wildman–Crippen LogP) is 5.19. The maximum Gasteiger partial charge on any atom is 0.231 e. The molecule has 0 unspecified atom stereocenters. The normalized spacial score (nSPS) is 15.7. The molecule has 4 nitrogen and oxygen atoms in total. The first-order valence-electron chi connectivity index (χ1n) is 9.08. The first kappa shape index (κ1) is 18.8. The first-order valence-corrected chi connectivity index (χ1v) is 10.8. The molecule has 2 heterocycles. The molecule has 1 aliphatic carbocycles. The summed E-state index contributed by atoms with van der Waals surface area (Å²) in [7, 11) is 0. The third-order valence-corrected chi connectivity index (χ3v) is 6.97. The molecule has 1 aliphatic rings. The molecule has 0 saturated carbocycles. The summed E-state index contributed by atoms with van der Waals surface area (Å²) in [5, 5.41) is 15.7. The van der Waals surface area contributed by atoms with Crippen LogP contribution in [0.15, 0.2) is 29.6 Å². The van der Waals surface area contributed by atoms with E-state index in [0.717, 1.165) is 35.4 Å². The average molecular weight is 412 g/mol. The minimum Gasteiger partial charge on any atom is -0.316 e. The molecule has 1 N–H and O–H groups in total. The van der Waals surface area contributed by atoms with Gasteiger partial charge in [-0.2, -0.15) is 5.26 Å². The molecule has 0 saturated heterocycles. The van der Waals surface area contributed by atoms with Gasteiger partial charge in [-0.1, -0.05) is 6.92 Å². The molecule has 1 aromatic carbocycles. The zero-order valence-electron chi connectivity index (χ0n) is 15.3. The van der Waals surface area contributed by atoms with E-state index in [1.807, 2.05) is 5.38 Å². The van der Waals surface area contributed by atoms with Crippen LogP contribution in [-0.4, -0.2) is 10.9 Å². The SMILES string of the molecule is C[C@@H]1CCc2c(sc(NC(=O)Cc3csc(-c4ccc(F)cc4)n3)c2C#N)C1. The van der Waals surface area contributed by atoms with Crippen LogP contribution in [-0.2, 0) is 24.1 Å². The fraction of sp³-hybridized carbons (Fsp3) is 0.286. The third-order valence-electron chi connectivity index (χ3n) is 4.86. The summed E-state index contributed by atoms with van der Waals surface area (Å²) >= 11 is 2.95. The Hall–Kier alpha value is -2.56. The Morgan fingerprint density at radius 1 is 1.39 bits per heavy atom. The van der Waals surface area contributed by atoms with Crippen molar-refractivity contribution in [1.29, 1.82) is 5.26 Å². The van der Waals surface area contributed by atoms with E-state index in [9.17, 15) is 14.4 Å². The van der Waals surface area contributed by atoms with Gasteiger partial charge in [0.15, 0.2) is 0 Å². The standard InChI is InChI=1S/C21H18FN3OS2/c1-12-2-7-16-17(10-23)21(28-18(16)8-12)25-19(26)9-15-11-27-20(24-15)13-3-5-14(22)6-4-13/h3-6,11-12H,2,7-9H2,1H3,(H,25,26)/t12-/m1/s1. The highest BCUT2D eigenvalue weighted by Gasteiger charge is 2.24. The van der Waals surface area contributed by atoms with Gasteiger partial charge in [0.1, 0.15) is 21.9 Å². The highest BCUT2D eigenvalue weighted by Crippen LogP contribution is 2.39. The molecule has 1 atom stereocenters. The van der Waals surface area contributed by atoms with Crippen molar-refractivity contribution in [3.63, 3.8) is 0 Å². The lowest BCUT2D eigenvalue weighted by atomic mass is 9.89. The van der Waals surface area contributed by atoms with Gasteiger partial charge in [-0.15, -0.1) is 22.7 Å². The van der Waals surface area contributed by atoms with Gasteiger partial charge in [0.2, 0.25) is 5.91 Å². The molecule has 1 amide bonds. The van der Waals surface area contributed by atoms with Gasteiger partial charge >= 0.3 is 0 Å². The molecule has 0 fully saturated rings. The average Bonchev–Trinajstić information content (AvgIpc) is 3.25. The van der Waals surface area contributed by atoms with Gasteiger partial charge in [0.25, 0.3) is 0 Å². The molecule has 0 bridgehead atoms. The maximum absolute atomic E-state index is 13.1. The summed E-state index contributed by atoms with van der Waals surface area (Å²) in [5.41, 5.74) is 3.21. The third kappa shape index (κ3) is 3.84. The summed E-state index contributed by atoms with van der Waals surface area (Å²) in [6, 6.07) is 8.41. The molecule has 3 aromatic rings. The van der Waals surface area contributed by atoms with Gasteiger partial charge < -0.3 is 5.32 Å². The van der Waals surface area contributed by atoms with Crippen molar-refractivity contribution in [2.75, 3.05) is 5.32 Å². The molecule has 2 aromatic heterocycles. The van der Waals surface area contributed by atoms with Gasteiger partial charge in [-0.3, -0.25) is 4.79 Å². The van der Waals surface area contributed by atoms with Crippen LogP contribution in [0.3, 0.4) is 0 Å². The van der Waals surface area contributed by atoms with E-state index < -0.39 is 0 Å². The lowest BCUT2D eigenvalue weighted by molar-refractivity contribution is -0.115. The Morgan fingerprint density at radius 3 is 2.93 bits per heavy atom. The number of aromatic nitrogens is 1. The van der Waals surface area contributed by atoms with E-state index in [4.69, 9.17) is 0 Å². The van der Waals surface area contributed by atoms with Crippen LogP contribution in [0, 0.1) is 23.1 Å². The van der Waals surface area contributed by atoms with Gasteiger partial charge in [-0.25, -0.2) is 9.37 Å². The second-order valence-corrected chi connectivity index (χ2v) is 9.01. The molecule has 0 spiro atoms. The fourth-order valence-electron chi connectivity index (χ4n) is 3.41. The topological polar surface area (TPSA) is 65.8 Å². The minimum absolute atomic E-state index is 0.140. The number of carbonyl (C=O) groups excluding carboxylic acids is 1. The van der Waals surface area contributed by atoms with Crippen LogP contribution in [0.25, 0.3) is 10.6 Å². The number of nitrogens with zero attached hydrogens (tertiary/aromatic N) is 2. The molecule has 28 heavy (non-hydrogen) atoms. The van der Waals surface area contributed by atoms with Crippen molar-refractivity contribution in [2.24, 2.45) is 5.92 Å². The van der Waals surface area contributed by atoms with Crippen molar-refractivity contribution in [3.05, 3.63) is 57.2 Å².